The highest BCUT2D eigenvalue weighted by molar-refractivity contribution is 5.74. The van der Waals surface area contributed by atoms with Gasteiger partial charge < -0.3 is 16.0 Å². The maximum atomic E-state index is 10.9. The highest BCUT2D eigenvalue weighted by atomic mass is 16.1. The SMILES string of the molecule is CN1CCC(CNC(C)(C)CC(N)=O)CC1. The number of carbonyl (C=O) groups is 1. The number of primary amides is 1. The lowest BCUT2D eigenvalue weighted by atomic mass is 9.94. The predicted octanol–water partition coefficient (Wildman–Crippen LogP) is 0.572. The van der Waals surface area contributed by atoms with Gasteiger partial charge in [-0.15, -0.1) is 0 Å². The van der Waals surface area contributed by atoms with Crippen molar-refractivity contribution in [3.05, 3.63) is 0 Å². The van der Waals surface area contributed by atoms with Crippen molar-refractivity contribution in [1.82, 2.24) is 10.2 Å². The molecular weight excluding hydrogens is 202 g/mol. The molecule has 1 fully saturated rings. The highest BCUT2D eigenvalue weighted by Gasteiger charge is 2.23. The van der Waals surface area contributed by atoms with Crippen molar-refractivity contribution >= 4 is 5.91 Å². The summed E-state index contributed by atoms with van der Waals surface area (Å²) in [6.07, 6.45) is 2.89. The van der Waals surface area contributed by atoms with E-state index in [1.54, 1.807) is 0 Å². The molecule has 4 heteroatoms. The Morgan fingerprint density at radius 3 is 2.50 bits per heavy atom. The fourth-order valence-electron chi connectivity index (χ4n) is 2.18. The molecule has 16 heavy (non-hydrogen) atoms. The molecular formula is C12H25N3O. The average molecular weight is 227 g/mol. The lowest BCUT2D eigenvalue weighted by Crippen LogP contribution is -2.46. The predicted molar refractivity (Wildman–Crippen MR) is 66.1 cm³/mol. The Labute approximate surface area is 98.6 Å². The Morgan fingerprint density at radius 1 is 1.44 bits per heavy atom. The number of hydrogen-bond acceptors (Lipinski definition) is 3. The van der Waals surface area contributed by atoms with E-state index in [1.807, 2.05) is 13.8 Å². The van der Waals surface area contributed by atoms with E-state index >= 15 is 0 Å². The van der Waals surface area contributed by atoms with Gasteiger partial charge in [-0.1, -0.05) is 0 Å². The van der Waals surface area contributed by atoms with E-state index < -0.39 is 0 Å². The average Bonchev–Trinajstić information content (AvgIpc) is 2.15. The number of nitrogens with one attached hydrogen (secondary N) is 1. The van der Waals surface area contributed by atoms with Crippen LogP contribution >= 0.6 is 0 Å². The Balaban J connectivity index is 2.25. The normalized spacial score (nSPS) is 19.9. The zero-order valence-electron chi connectivity index (χ0n) is 10.8. The van der Waals surface area contributed by atoms with Gasteiger partial charge in [-0.3, -0.25) is 4.79 Å². The molecule has 3 N–H and O–H groups in total. The third kappa shape index (κ3) is 4.94. The Kier molecular flexibility index (Phi) is 4.74. The lowest BCUT2D eigenvalue weighted by Gasteiger charge is -2.32. The summed E-state index contributed by atoms with van der Waals surface area (Å²) >= 11 is 0. The minimum Gasteiger partial charge on any atom is -0.370 e. The van der Waals surface area contributed by atoms with Crippen molar-refractivity contribution in [2.24, 2.45) is 11.7 Å². The van der Waals surface area contributed by atoms with Gasteiger partial charge in [0, 0.05) is 12.0 Å². The molecule has 0 aromatic rings. The topological polar surface area (TPSA) is 58.4 Å². The molecule has 0 bridgehead atoms. The molecule has 94 valence electrons. The van der Waals surface area contributed by atoms with Gasteiger partial charge in [0.15, 0.2) is 0 Å². The number of amides is 1. The van der Waals surface area contributed by atoms with Gasteiger partial charge >= 0.3 is 0 Å². The summed E-state index contributed by atoms with van der Waals surface area (Å²) in [6, 6.07) is 0. The molecule has 0 saturated carbocycles. The fraction of sp³-hybridized carbons (Fsp3) is 0.917. The second-order valence-corrected chi connectivity index (χ2v) is 5.65. The highest BCUT2D eigenvalue weighted by Crippen LogP contribution is 2.16. The number of carbonyl (C=O) groups excluding carboxylic acids is 1. The van der Waals surface area contributed by atoms with Crippen LogP contribution < -0.4 is 11.1 Å². The summed E-state index contributed by atoms with van der Waals surface area (Å²) in [5, 5.41) is 3.46. The molecule has 0 aromatic heterocycles. The third-order valence-electron chi connectivity index (χ3n) is 3.32. The summed E-state index contributed by atoms with van der Waals surface area (Å²) < 4.78 is 0. The molecule has 1 saturated heterocycles. The molecule has 0 unspecified atom stereocenters. The third-order valence-corrected chi connectivity index (χ3v) is 3.32. The number of nitrogens with zero attached hydrogens (tertiary/aromatic N) is 1. The summed E-state index contributed by atoms with van der Waals surface area (Å²) in [4.78, 5) is 13.3. The first-order valence-electron chi connectivity index (χ1n) is 6.11. The quantitative estimate of drug-likeness (QED) is 0.722. The first-order valence-corrected chi connectivity index (χ1v) is 6.11. The van der Waals surface area contributed by atoms with Gasteiger partial charge in [0.25, 0.3) is 0 Å². The molecule has 1 rings (SSSR count). The van der Waals surface area contributed by atoms with Crippen LogP contribution in [0.2, 0.25) is 0 Å². The van der Waals surface area contributed by atoms with E-state index in [4.69, 9.17) is 5.73 Å². The Hall–Kier alpha value is -0.610. The first-order chi connectivity index (χ1) is 7.39. The van der Waals surface area contributed by atoms with Gasteiger partial charge in [0.1, 0.15) is 0 Å². The van der Waals surface area contributed by atoms with Gasteiger partial charge in [-0.25, -0.2) is 0 Å². The number of rotatable bonds is 5. The van der Waals surface area contributed by atoms with Crippen molar-refractivity contribution in [3.8, 4) is 0 Å². The van der Waals surface area contributed by atoms with Crippen LogP contribution in [0.1, 0.15) is 33.1 Å². The van der Waals surface area contributed by atoms with Crippen molar-refractivity contribution < 1.29 is 4.79 Å². The smallest absolute Gasteiger partial charge is 0.219 e. The van der Waals surface area contributed by atoms with Crippen LogP contribution in [0.15, 0.2) is 0 Å². The standard InChI is InChI=1S/C12H25N3O/c1-12(2,8-11(13)16)14-9-10-4-6-15(3)7-5-10/h10,14H,4-9H2,1-3H3,(H2,13,16). The number of nitrogens with two attached hydrogens (primary N) is 1. The van der Waals surface area contributed by atoms with Gasteiger partial charge in [-0.05, 0) is 59.3 Å². The summed E-state index contributed by atoms with van der Waals surface area (Å²) in [6.45, 7) is 7.43. The van der Waals surface area contributed by atoms with Crippen molar-refractivity contribution in [2.45, 2.75) is 38.6 Å². The van der Waals surface area contributed by atoms with E-state index in [0.29, 0.717) is 6.42 Å². The molecule has 0 aromatic carbocycles. The van der Waals surface area contributed by atoms with Crippen LogP contribution in [0.4, 0.5) is 0 Å². The monoisotopic (exact) mass is 227 g/mol. The summed E-state index contributed by atoms with van der Waals surface area (Å²) in [5.74, 6) is 0.504. The van der Waals surface area contributed by atoms with Crippen molar-refractivity contribution in [3.63, 3.8) is 0 Å². The van der Waals surface area contributed by atoms with Crippen LogP contribution in [0.25, 0.3) is 0 Å². The zero-order chi connectivity index (χ0) is 12.2. The molecule has 1 aliphatic heterocycles. The minimum absolute atomic E-state index is 0.171. The lowest BCUT2D eigenvalue weighted by molar-refractivity contribution is -0.119. The summed E-state index contributed by atoms with van der Waals surface area (Å²) in [7, 11) is 2.17. The molecule has 0 radical (unpaired) electrons. The van der Waals surface area contributed by atoms with Crippen LogP contribution in [0, 0.1) is 5.92 Å². The number of hydrogen-bond donors (Lipinski definition) is 2. The van der Waals surface area contributed by atoms with E-state index in [0.717, 1.165) is 12.5 Å². The van der Waals surface area contributed by atoms with Crippen molar-refractivity contribution in [1.29, 1.82) is 0 Å². The van der Waals surface area contributed by atoms with E-state index in [1.165, 1.54) is 25.9 Å². The van der Waals surface area contributed by atoms with Crippen LogP contribution in [0.5, 0.6) is 0 Å². The van der Waals surface area contributed by atoms with Crippen LogP contribution in [-0.4, -0.2) is 43.0 Å². The molecule has 0 spiro atoms. The van der Waals surface area contributed by atoms with Crippen molar-refractivity contribution in [2.75, 3.05) is 26.7 Å². The molecule has 1 amide bonds. The minimum atomic E-state index is -0.235. The first kappa shape index (κ1) is 13.5. The van der Waals surface area contributed by atoms with Crippen LogP contribution in [0.3, 0.4) is 0 Å². The molecule has 4 nitrogen and oxygen atoms in total. The molecule has 0 aliphatic carbocycles. The zero-order valence-corrected chi connectivity index (χ0v) is 10.8. The van der Waals surface area contributed by atoms with Crippen LogP contribution in [-0.2, 0) is 4.79 Å². The second-order valence-electron chi connectivity index (χ2n) is 5.65. The molecule has 1 heterocycles. The number of likely N-dealkylation sites (tertiary alicyclic amines) is 1. The Morgan fingerprint density at radius 2 is 2.00 bits per heavy atom. The maximum absolute atomic E-state index is 10.9. The fourth-order valence-corrected chi connectivity index (χ4v) is 2.18. The van der Waals surface area contributed by atoms with Gasteiger partial charge in [0.2, 0.25) is 5.91 Å². The molecule has 1 aliphatic rings. The van der Waals surface area contributed by atoms with E-state index in [9.17, 15) is 4.79 Å². The molecule has 0 atom stereocenters. The largest absolute Gasteiger partial charge is 0.370 e. The maximum Gasteiger partial charge on any atom is 0.219 e. The summed E-state index contributed by atoms with van der Waals surface area (Å²) in [5.41, 5.74) is 5.05. The number of piperidine rings is 1. The second kappa shape index (κ2) is 5.64. The van der Waals surface area contributed by atoms with E-state index in [2.05, 4.69) is 17.3 Å². The van der Waals surface area contributed by atoms with Gasteiger partial charge in [-0.2, -0.15) is 0 Å². The Bertz CT molecular complexity index is 232. The van der Waals surface area contributed by atoms with Gasteiger partial charge in [0.05, 0.1) is 0 Å². The van der Waals surface area contributed by atoms with E-state index in [-0.39, 0.29) is 11.4 Å².